The Labute approximate surface area is 609 Å². The van der Waals surface area contributed by atoms with Crippen LogP contribution in [0.2, 0.25) is 0 Å². The second-order valence-electron chi connectivity index (χ2n) is 27.1. The standard InChI is InChI=1S/C66H70N4.C16H16N2O4.CHNS.CNS.Ru/c1-63(2,3)51-21-33-57(34-22-51)69(58-35-23-52(24-36-58)64(4,5)6)55-29-17-47(18-30-55)13-15-49-41-43-67-61(45-49)62-46-50(42-44-68-62)16-14-48-19-31-56(32-20-48)70(59-37-25-53(26-38-59)65(7,8)9)60-39-27-54(28-40-60)66(10,11)12;1-3-21-15(19)11-5-7-17-13(9-11)14-10-12(6-8-18-14)16(20)22-4-2;2*2-1-3;/h13-46H,1-12H3;5-10H,3-4H2,1-2H3;3H;;/q;;;-1;+2/p-1/b15-13+,16-14+;;;;. The number of nitriles is 1. The van der Waals surface area contributed by atoms with Gasteiger partial charge >= 0.3 is 31.4 Å². The summed E-state index contributed by atoms with van der Waals surface area (Å²) in [7, 11) is 0. The third kappa shape index (κ3) is 22.6. The number of pyridine rings is 4. The van der Waals surface area contributed by atoms with Gasteiger partial charge in [-0.15, -0.1) is 0 Å². The summed E-state index contributed by atoms with van der Waals surface area (Å²) in [6.07, 6.45) is 15.3. The number of hydrogen-bond acceptors (Lipinski definition) is 13. The van der Waals surface area contributed by atoms with Gasteiger partial charge in [0.1, 0.15) is 0 Å². The number of esters is 2. The van der Waals surface area contributed by atoms with Crippen molar-refractivity contribution >= 4 is 100 Å². The fourth-order valence-corrected chi connectivity index (χ4v) is 10.4. The predicted octanol–water partition coefficient (Wildman–Crippen LogP) is 21.8. The van der Waals surface area contributed by atoms with E-state index in [1.807, 2.05) is 24.5 Å². The van der Waals surface area contributed by atoms with Crippen molar-refractivity contribution < 1.29 is 38.5 Å². The first-order valence-corrected chi connectivity index (χ1v) is 33.3. The molecule has 10 aromatic rings. The molecule has 0 bridgehead atoms. The van der Waals surface area contributed by atoms with Gasteiger partial charge in [-0.3, -0.25) is 19.9 Å². The molecule has 0 fully saturated rings. The van der Waals surface area contributed by atoms with Crippen LogP contribution in [-0.2, 0) is 63.2 Å². The van der Waals surface area contributed by atoms with Crippen molar-refractivity contribution in [1.29, 1.82) is 5.26 Å². The Morgan fingerprint density at radius 1 is 0.414 bits per heavy atom. The zero-order chi connectivity index (χ0) is 71.2. The monoisotopic (exact) mass is 1440 g/mol. The van der Waals surface area contributed by atoms with Crippen molar-refractivity contribution in [2.75, 3.05) is 23.0 Å². The Morgan fingerprint density at radius 3 is 0.859 bits per heavy atom. The molecule has 0 aliphatic carbocycles. The van der Waals surface area contributed by atoms with E-state index in [0.29, 0.717) is 35.7 Å². The summed E-state index contributed by atoms with van der Waals surface area (Å²) >= 11 is 7.40. The molecule has 4 heterocycles. The van der Waals surface area contributed by atoms with Crippen LogP contribution in [0, 0.1) is 10.7 Å². The number of carbonyl (C=O) groups is 2. The van der Waals surface area contributed by atoms with Crippen molar-refractivity contribution in [2.45, 2.75) is 119 Å². The van der Waals surface area contributed by atoms with Crippen LogP contribution in [-0.4, -0.2) is 50.2 Å². The Kier molecular flexibility index (Phi) is 28.4. The van der Waals surface area contributed by atoms with Gasteiger partial charge in [0, 0.05) is 58.9 Å². The van der Waals surface area contributed by atoms with Gasteiger partial charge in [-0.2, -0.15) is 5.16 Å². The third-order valence-electron chi connectivity index (χ3n) is 15.8. The largest absolute Gasteiger partial charge is 2.00 e. The molecule has 0 N–H and O–H groups in total. The molecule has 6 aromatic carbocycles. The molecule has 4 aromatic heterocycles. The van der Waals surface area contributed by atoms with E-state index in [9.17, 15) is 9.59 Å². The maximum absolute atomic E-state index is 11.7. The van der Waals surface area contributed by atoms with Crippen LogP contribution >= 0.6 is 12.2 Å². The Morgan fingerprint density at radius 2 is 0.626 bits per heavy atom. The van der Waals surface area contributed by atoms with Crippen molar-refractivity contribution in [1.82, 2.24) is 19.9 Å². The number of rotatable bonds is 16. The van der Waals surface area contributed by atoms with E-state index < -0.39 is 11.9 Å². The molecular weight excluding hydrogens is 1350 g/mol. The zero-order valence-corrected chi connectivity index (χ0v) is 62.3. The van der Waals surface area contributed by atoms with Gasteiger partial charge in [0.2, 0.25) is 0 Å². The van der Waals surface area contributed by atoms with E-state index in [-0.39, 0.29) is 41.1 Å². The first-order valence-electron chi connectivity index (χ1n) is 32.5. The molecule has 506 valence electrons. The Balaban J connectivity index is 0.000000445. The zero-order valence-electron chi connectivity index (χ0n) is 58.9. The van der Waals surface area contributed by atoms with E-state index in [1.165, 1.54) is 45.2 Å². The summed E-state index contributed by atoms with van der Waals surface area (Å²) in [6.45, 7) is 31.2. The molecule has 99 heavy (non-hydrogen) atoms. The van der Waals surface area contributed by atoms with Gasteiger partial charge in [0.25, 0.3) is 0 Å². The maximum atomic E-state index is 11.7. The van der Waals surface area contributed by atoms with Crippen LogP contribution in [0.4, 0.5) is 34.1 Å². The number of isothiocyanates is 1. The van der Waals surface area contributed by atoms with E-state index in [1.54, 1.807) is 38.1 Å². The molecule has 0 saturated heterocycles. The van der Waals surface area contributed by atoms with Crippen molar-refractivity contribution in [3.8, 4) is 28.2 Å². The quantitative estimate of drug-likeness (QED) is 0.0225. The molecule has 0 atom stereocenters. The van der Waals surface area contributed by atoms with Gasteiger partial charge in [-0.05, 0) is 201 Å². The van der Waals surface area contributed by atoms with Crippen LogP contribution in [0.15, 0.2) is 219 Å². The Hall–Kier alpha value is -9.93. The molecule has 0 aliphatic rings. The molecule has 15 heteroatoms. The molecule has 0 unspecified atom stereocenters. The average Bonchev–Trinajstić information content (AvgIpc) is 0.808. The summed E-state index contributed by atoms with van der Waals surface area (Å²) in [4.78, 5) is 46.0. The smallest absolute Gasteiger partial charge is 0.753 e. The fourth-order valence-electron chi connectivity index (χ4n) is 10.4. The molecule has 12 nitrogen and oxygen atoms in total. The van der Waals surface area contributed by atoms with Crippen molar-refractivity contribution in [3.05, 3.63) is 280 Å². The maximum Gasteiger partial charge on any atom is 2.00 e. The minimum absolute atomic E-state index is 0. The van der Waals surface area contributed by atoms with Crippen LogP contribution < -0.4 is 9.80 Å². The van der Waals surface area contributed by atoms with Crippen molar-refractivity contribution in [3.63, 3.8) is 0 Å². The average molecular weight is 1440 g/mol. The van der Waals surface area contributed by atoms with Crippen LogP contribution in [0.3, 0.4) is 0 Å². The summed E-state index contributed by atoms with van der Waals surface area (Å²) < 4.78 is 9.90. The number of thiocarbonyl (C=S) groups is 1. The van der Waals surface area contributed by atoms with Gasteiger partial charge in [0.05, 0.1) is 47.1 Å². The summed E-state index contributed by atoms with van der Waals surface area (Å²) in [5.74, 6) is -0.847. The molecule has 10 rings (SSSR count). The number of nitrogens with zero attached hydrogens (tertiary/aromatic N) is 8. The Bertz CT molecular complexity index is 4020. The van der Waals surface area contributed by atoms with Crippen molar-refractivity contribution in [2.24, 2.45) is 0 Å². The molecule has 0 radical (unpaired) electrons. The number of anilines is 6. The molecule has 0 saturated carbocycles. The van der Waals surface area contributed by atoms with E-state index in [2.05, 4.69) is 310 Å². The minimum Gasteiger partial charge on any atom is -0.753 e. The van der Waals surface area contributed by atoms with Gasteiger partial charge < -0.3 is 37.3 Å². The SMILES string of the molecule is CC(C)(C)c1ccc(N(c2ccc(/C=C/c3ccnc(-c4cc(/C=C/c5ccc(N(c6ccc(C(C)(C)C)cc6)c6ccc(C(C)(C)C)cc6)cc5)ccn4)c3)cc2)c2ccc(C(C)(C)C)cc2)cc1.CCOC(=O)c1ccnc(-c2cc(C(=O)OCC)ccn2)c1.N#C[S-].[N-]=C=S.[Ru+2]. The minimum atomic E-state index is -0.423. The number of benzene rings is 6. The van der Waals surface area contributed by atoms with E-state index in [4.69, 9.17) is 30.1 Å². The van der Waals surface area contributed by atoms with Gasteiger partial charge in [-0.25, -0.2) is 14.9 Å². The second kappa shape index (κ2) is 36.1. The number of aromatic nitrogens is 4. The van der Waals surface area contributed by atoms with Gasteiger partial charge in [0.15, 0.2) is 0 Å². The summed E-state index contributed by atoms with van der Waals surface area (Å²) in [5.41, 5.74) is 20.1. The van der Waals surface area contributed by atoms with Crippen LogP contribution in [0.5, 0.6) is 0 Å². The molecule has 0 aliphatic heterocycles. The summed E-state index contributed by atoms with van der Waals surface area (Å²) in [6, 6.07) is 68.1. The predicted molar refractivity (Wildman–Crippen MR) is 411 cm³/mol. The second-order valence-corrected chi connectivity index (χ2v) is 27.5. The van der Waals surface area contributed by atoms with Crippen LogP contribution in [0.1, 0.15) is 162 Å². The number of ether oxygens (including phenoxy) is 2. The van der Waals surface area contributed by atoms with E-state index in [0.717, 1.165) is 67.8 Å². The molecular formula is C84H86N8O4RuS2. The van der Waals surface area contributed by atoms with Gasteiger partial charge in [-0.1, -0.05) is 198 Å². The first-order chi connectivity index (χ1) is 46.7. The summed E-state index contributed by atoms with van der Waals surface area (Å²) in [5, 5.41) is 16.9. The normalized spacial score (nSPS) is 11.2. The first kappa shape index (κ1) is 78.1. The van der Waals surface area contributed by atoms with Crippen LogP contribution in [0.25, 0.3) is 52.5 Å². The molecule has 0 amide bonds. The molecule has 0 spiro atoms. The fraction of sp³-hybridized carbons (Fsp3) is 0.238. The number of carbonyl (C=O) groups excluding carboxylic acids is 2. The number of hydrogen-bond donors (Lipinski definition) is 0. The number of thiocyanates is 1. The third-order valence-corrected chi connectivity index (χ3v) is 15.8. The van der Waals surface area contributed by atoms with E-state index >= 15 is 0 Å². The topological polar surface area (TPSA) is 157 Å².